The molecule has 0 spiro atoms. The van der Waals surface area contributed by atoms with E-state index in [-0.39, 0.29) is 89.8 Å². The van der Waals surface area contributed by atoms with E-state index in [0.29, 0.717) is 0 Å². The topological polar surface area (TPSA) is 290 Å². The maximum absolute atomic E-state index is 14.3. The van der Waals surface area contributed by atoms with Crippen LogP contribution in [0.2, 0.25) is 0 Å². The number of hydrogen-bond acceptors (Lipinski definition) is 13. The van der Waals surface area contributed by atoms with Crippen molar-refractivity contribution in [2.45, 2.75) is 19.1 Å². The SMILES string of the molecule is Cc1c(NC(=O)CO)c(I)c(C(=O)N(C)CC(O)CO)c(I)c1C(=O)N(CCO)CCNC(=O)c1c(I)c(NC(=O)CO)c(I)c(C(=O)N(C)CC(O)CO)c1I. The van der Waals surface area contributed by atoms with Crippen molar-refractivity contribution in [3.63, 3.8) is 0 Å². The third kappa shape index (κ3) is 13.1. The van der Waals surface area contributed by atoms with Crippen molar-refractivity contribution in [3.8, 4) is 0 Å². The molecule has 2 unspecified atom stereocenters. The number of benzene rings is 2. The number of likely N-dealkylation sites (N-methyl/N-ethyl adjacent to an activating group) is 2. The number of anilines is 2. The molecule has 2 rings (SSSR count). The smallest absolute Gasteiger partial charge is 0.255 e. The molecule has 0 aromatic heterocycles. The average Bonchev–Trinajstić information content (AvgIpc) is 3.16. The van der Waals surface area contributed by atoms with Gasteiger partial charge in [-0.15, -0.1) is 0 Å². The molecule has 0 aliphatic heterocycles. The first-order valence-corrected chi connectivity index (χ1v) is 21.9. The summed E-state index contributed by atoms with van der Waals surface area (Å²) in [5.74, 6) is -4.37. The van der Waals surface area contributed by atoms with Crippen molar-refractivity contribution in [3.05, 3.63) is 45.7 Å². The van der Waals surface area contributed by atoms with Crippen molar-refractivity contribution >= 4 is 160 Å². The summed E-state index contributed by atoms with van der Waals surface area (Å²) in [4.78, 5) is 83.6. The van der Waals surface area contributed by atoms with Gasteiger partial charge in [-0.3, -0.25) is 28.8 Å². The lowest BCUT2D eigenvalue weighted by Gasteiger charge is -2.27. The molecule has 316 valence electrons. The quantitative estimate of drug-likeness (QED) is 0.0803. The maximum atomic E-state index is 14.3. The van der Waals surface area contributed by atoms with Crippen molar-refractivity contribution in [2.24, 2.45) is 0 Å². The first-order valence-electron chi connectivity index (χ1n) is 16.5. The van der Waals surface area contributed by atoms with E-state index in [1.54, 1.807) is 22.6 Å². The minimum absolute atomic E-state index is 0.00514. The monoisotopic (exact) mass is 1360 g/mol. The fraction of sp³-hybridized carbons (Fsp3) is 0.455. The van der Waals surface area contributed by atoms with E-state index >= 15 is 0 Å². The first-order chi connectivity index (χ1) is 26.7. The third-order valence-corrected chi connectivity index (χ3v) is 13.4. The van der Waals surface area contributed by atoms with Gasteiger partial charge in [0.1, 0.15) is 13.2 Å². The van der Waals surface area contributed by atoms with Crippen LogP contribution in [0.15, 0.2) is 0 Å². The minimum atomic E-state index is -1.26. The number of aliphatic hydroxyl groups excluding tert-OH is 7. The van der Waals surface area contributed by atoms with Crippen LogP contribution in [-0.4, -0.2) is 178 Å². The van der Waals surface area contributed by atoms with Crippen LogP contribution in [0.1, 0.15) is 47.0 Å². The second kappa shape index (κ2) is 24.2. The van der Waals surface area contributed by atoms with Crippen LogP contribution in [0.5, 0.6) is 0 Å². The molecule has 0 saturated carbocycles. The molecular weight excluding hydrogens is 1320 g/mol. The highest BCUT2D eigenvalue weighted by Crippen LogP contribution is 2.37. The van der Waals surface area contributed by atoms with E-state index in [2.05, 4.69) is 16.0 Å². The van der Waals surface area contributed by atoms with Gasteiger partial charge in [-0.25, -0.2) is 0 Å². The lowest BCUT2D eigenvalue weighted by atomic mass is 10.00. The van der Waals surface area contributed by atoms with Crippen LogP contribution in [0.3, 0.4) is 0 Å². The summed E-state index contributed by atoms with van der Waals surface area (Å²) < 4.78 is 1.02. The Morgan fingerprint density at radius 2 is 1.02 bits per heavy atom. The zero-order valence-corrected chi connectivity index (χ0v) is 41.3. The molecule has 0 radical (unpaired) electrons. The lowest BCUT2D eigenvalue weighted by molar-refractivity contribution is -0.119. The second-order valence-corrected chi connectivity index (χ2v) is 17.6. The van der Waals surface area contributed by atoms with E-state index in [4.69, 9.17) is 0 Å². The van der Waals surface area contributed by atoms with Gasteiger partial charge < -0.3 is 66.4 Å². The van der Waals surface area contributed by atoms with Gasteiger partial charge in [0.25, 0.3) is 23.6 Å². The zero-order chi connectivity index (χ0) is 43.5. The number of aliphatic hydroxyl groups is 7. The van der Waals surface area contributed by atoms with Gasteiger partial charge >= 0.3 is 0 Å². The zero-order valence-electron chi connectivity index (χ0n) is 30.5. The van der Waals surface area contributed by atoms with Gasteiger partial charge in [0.2, 0.25) is 11.8 Å². The Balaban J connectivity index is 2.62. The molecule has 19 nitrogen and oxygen atoms in total. The van der Waals surface area contributed by atoms with Crippen LogP contribution < -0.4 is 16.0 Å². The molecule has 0 aliphatic carbocycles. The Kier molecular flexibility index (Phi) is 22.0. The standard InChI is InChI=1S/C33H41I5N6O13/c1-14-19(23(34)21(26(37)28(14)40-17(52)12-48)31(55)42(2)8-15(50)10-46)33(57)44(6-7-45)5-4-39-30(54)20-24(35)22(32(56)43(3)9-16(51)11-47)27(38)29(25(20)36)41-18(53)13-49/h15-16,45-51H,4-13H2,1-3H3,(H,39,54)(H,40,52)(H,41,53). The molecule has 0 bridgehead atoms. The predicted octanol–water partition coefficient (Wildman–Crippen LogP) is -0.405. The summed E-state index contributed by atoms with van der Waals surface area (Å²) in [6.07, 6.45) is -2.52. The van der Waals surface area contributed by atoms with E-state index < -0.39 is 80.7 Å². The Morgan fingerprint density at radius 1 is 0.596 bits per heavy atom. The van der Waals surface area contributed by atoms with E-state index in [0.717, 1.165) is 9.80 Å². The Hall–Kier alpha value is -1.37. The number of carbonyl (C=O) groups is 6. The molecule has 2 aromatic rings. The number of amides is 6. The summed E-state index contributed by atoms with van der Waals surface area (Å²) >= 11 is 9.07. The summed E-state index contributed by atoms with van der Waals surface area (Å²) in [6.45, 7) is -3.19. The van der Waals surface area contributed by atoms with Gasteiger partial charge in [0, 0.05) is 54.0 Å². The highest BCUT2D eigenvalue weighted by Gasteiger charge is 2.33. The first kappa shape index (κ1) is 51.8. The summed E-state index contributed by atoms with van der Waals surface area (Å²) in [5, 5.41) is 75.1. The molecule has 57 heavy (non-hydrogen) atoms. The van der Waals surface area contributed by atoms with Crippen LogP contribution in [-0.2, 0) is 9.59 Å². The van der Waals surface area contributed by atoms with Gasteiger partial charge in [-0.1, -0.05) is 0 Å². The molecule has 0 aliphatic rings. The fourth-order valence-electron chi connectivity index (χ4n) is 5.19. The van der Waals surface area contributed by atoms with Crippen molar-refractivity contribution in [2.75, 3.05) is 90.5 Å². The number of halogens is 5. The second-order valence-electron chi connectivity index (χ2n) is 12.2. The van der Waals surface area contributed by atoms with Crippen LogP contribution in [0.25, 0.3) is 0 Å². The van der Waals surface area contributed by atoms with E-state index in [9.17, 15) is 64.5 Å². The highest BCUT2D eigenvalue weighted by atomic mass is 127. The minimum Gasteiger partial charge on any atom is -0.395 e. The predicted molar refractivity (Wildman–Crippen MR) is 248 cm³/mol. The van der Waals surface area contributed by atoms with E-state index in [1.165, 1.54) is 25.9 Å². The average molecular weight is 1360 g/mol. The van der Waals surface area contributed by atoms with Crippen molar-refractivity contribution in [1.82, 2.24) is 20.0 Å². The maximum Gasteiger partial charge on any atom is 0.255 e. The summed E-state index contributed by atoms with van der Waals surface area (Å²) in [5.41, 5.74) is 0.261. The number of nitrogens with zero attached hydrogens (tertiary/aromatic N) is 3. The summed E-state index contributed by atoms with van der Waals surface area (Å²) in [6, 6.07) is 0. The van der Waals surface area contributed by atoms with Crippen molar-refractivity contribution < 1.29 is 64.5 Å². The van der Waals surface area contributed by atoms with E-state index in [1.807, 2.05) is 90.4 Å². The van der Waals surface area contributed by atoms with Crippen LogP contribution in [0, 0.1) is 24.8 Å². The summed E-state index contributed by atoms with van der Waals surface area (Å²) in [7, 11) is 2.75. The molecule has 0 saturated heterocycles. The fourth-order valence-corrected chi connectivity index (χ4v) is 12.3. The van der Waals surface area contributed by atoms with Gasteiger partial charge in [0.05, 0.1) is 76.4 Å². The normalized spacial score (nSPS) is 12.1. The molecule has 24 heteroatoms. The Labute approximate surface area is 395 Å². The van der Waals surface area contributed by atoms with Gasteiger partial charge in [-0.05, 0) is 125 Å². The molecule has 0 fully saturated rings. The molecule has 2 aromatic carbocycles. The van der Waals surface area contributed by atoms with Crippen molar-refractivity contribution in [1.29, 1.82) is 0 Å². The Bertz CT molecular complexity index is 1870. The highest BCUT2D eigenvalue weighted by molar-refractivity contribution is 14.1. The lowest BCUT2D eigenvalue weighted by Crippen LogP contribution is -2.42. The van der Waals surface area contributed by atoms with Crippen LogP contribution >= 0.6 is 113 Å². The largest absolute Gasteiger partial charge is 0.395 e. The molecule has 6 amide bonds. The Morgan fingerprint density at radius 3 is 1.46 bits per heavy atom. The van der Waals surface area contributed by atoms with Gasteiger partial charge in [0.15, 0.2) is 0 Å². The number of carbonyl (C=O) groups excluding carboxylic acids is 6. The number of nitrogens with one attached hydrogen (secondary N) is 3. The molecule has 10 N–H and O–H groups in total. The molecule has 2 atom stereocenters. The number of rotatable bonds is 19. The third-order valence-electron chi connectivity index (χ3n) is 8.04. The van der Waals surface area contributed by atoms with Gasteiger partial charge in [-0.2, -0.15) is 0 Å². The molecular formula is C33H41I5N6O13. The number of hydrogen-bond donors (Lipinski definition) is 10. The van der Waals surface area contributed by atoms with Crippen LogP contribution in [0.4, 0.5) is 11.4 Å². The molecule has 0 heterocycles.